The molecule has 21 heavy (non-hydrogen) atoms. The maximum Gasteiger partial charge on any atom is 0.251 e. The van der Waals surface area contributed by atoms with E-state index in [-0.39, 0.29) is 5.56 Å². The number of ether oxygens (including phenoxy) is 1. The molecule has 0 fully saturated rings. The fourth-order valence-electron chi connectivity index (χ4n) is 2.37. The first kappa shape index (κ1) is 13.9. The molecule has 3 aromatic rings. The predicted octanol–water partition coefficient (Wildman–Crippen LogP) is 3.82. The molecule has 0 saturated heterocycles. The second-order valence-corrected chi connectivity index (χ2v) is 5.63. The van der Waals surface area contributed by atoms with Crippen molar-refractivity contribution in [1.29, 1.82) is 0 Å². The highest BCUT2D eigenvalue weighted by Crippen LogP contribution is 2.23. The zero-order chi connectivity index (χ0) is 14.8. The second-order valence-electron chi connectivity index (χ2n) is 4.78. The second kappa shape index (κ2) is 5.74. The Morgan fingerprint density at radius 3 is 2.52 bits per heavy atom. The third kappa shape index (κ3) is 2.72. The van der Waals surface area contributed by atoms with Gasteiger partial charge in [0, 0.05) is 15.9 Å². The molecule has 0 N–H and O–H groups in total. The molecule has 0 radical (unpaired) electrons. The van der Waals surface area contributed by atoms with Gasteiger partial charge < -0.3 is 9.30 Å². The lowest BCUT2D eigenvalue weighted by Crippen LogP contribution is -2.19. The van der Waals surface area contributed by atoms with Gasteiger partial charge in [-0.2, -0.15) is 0 Å². The molecule has 3 nitrogen and oxygen atoms in total. The molecule has 0 atom stereocenters. The van der Waals surface area contributed by atoms with E-state index < -0.39 is 0 Å². The first-order valence-corrected chi connectivity index (χ1v) is 7.39. The Hall–Kier alpha value is -2.07. The van der Waals surface area contributed by atoms with E-state index in [2.05, 4.69) is 15.9 Å². The maximum atomic E-state index is 12.2. The molecule has 0 unspecified atom stereocenters. The summed E-state index contributed by atoms with van der Waals surface area (Å²) in [5, 5.41) is 1.03. The molecular weight excluding hydrogens is 330 g/mol. The van der Waals surface area contributed by atoms with Crippen molar-refractivity contribution >= 4 is 26.8 Å². The predicted molar refractivity (Wildman–Crippen MR) is 88.0 cm³/mol. The molecule has 0 saturated carbocycles. The third-order valence-corrected chi connectivity index (χ3v) is 4.17. The summed E-state index contributed by atoms with van der Waals surface area (Å²) >= 11 is 3.53. The van der Waals surface area contributed by atoms with E-state index in [1.165, 1.54) is 0 Å². The van der Waals surface area contributed by atoms with E-state index in [4.69, 9.17) is 4.74 Å². The smallest absolute Gasteiger partial charge is 0.251 e. The van der Waals surface area contributed by atoms with Crippen molar-refractivity contribution in [3.05, 3.63) is 75.0 Å². The lowest BCUT2D eigenvalue weighted by atomic mass is 10.1. The minimum absolute atomic E-state index is 0.00332. The van der Waals surface area contributed by atoms with Crippen LogP contribution < -0.4 is 10.3 Å². The summed E-state index contributed by atoms with van der Waals surface area (Å²) in [4.78, 5) is 12.2. The van der Waals surface area contributed by atoms with E-state index in [9.17, 15) is 4.79 Å². The molecule has 1 heterocycles. The molecule has 2 aromatic carbocycles. The third-order valence-electron chi connectivity index (χ3n) is 3.48. The van der Waals surface area contributed by atoms with Gasteiger partial charge in [0.15, 0.2) is 0 Å². The van der Waals surface area contributed by atoms with Crippen LogP contribution in [-0.2, 0) is 6.54 Å². The number of pyridine rings is 1. The summed E-state index contributed by atoms with van der Waals surface area (Å²) in [7, 11) is 1.64. The maximum absolute atomic E-state index is 12.2. The summed E-state index contributed by atoms with van der Waals surface area (Å²) in [6.45, 7) is 0.538. The van der Waals surface area contributed by atoms with Crippen molar-refractivity contribution in [3.8, 4) is 5.75 Å². The number of rotatable bonds is 3. The van der Waals surface area contributed by atoms with Gasteiger partial charge in [-0.25, -0.2) is 0 Å². The topological polar surface area (TPSA) is 31.2 Å². The van der Waals surface area contributed by atoms with Crippen LogP contribution in [-0.4, -0.2) is 11.7 Å². The van der Waals surface area contributed by atoms with Crippen LogP contribution in [0.1, 0.15) is 5.56 Å². The molecule has 0 aliphatic heterocycles. The lowest BCUT2D eigenvalue weighted by Gasteiger charge is -2.11. The molecule has 1 aromatic heterocycles. The first-order valence-electron chi connectivity index (χ1n) is 6.60. The molecule has 0 spiro atoms. The lowest BCUT2D eigenvalue weighted by molar-refractivity contribution is 0.414. The normalized spacial score (nSPS) is 10.8. The van der Waals surface area contributed by atoms with Gasteiger partial charge in [-0.1, -0.05) is 34.1 Å². The number of aromatic nitrogens is 1. The molecule has 0 bridgehead atoms. The van der Waals surface area contributed by atoms with E-state index in [1.807, 2.05) is 48.5 Å². The van der Waals surface area contributed by atoms with Crippen molar-refractivity contribution in [2.75, 3.05) is 7.11 Å². The Kier molecular flexibility index (Phi) is 3.80. The molecular formula is C17H14BrNO2. The standard InChI is InChI=1S/C17H14BrNO2/c1-21-13-7-5-12(6-8-13)11-19-16-4-2-3-15(18)14(16)9-10-17(19)20/h2-10H,11H2,1H3. The quantitative estimate of drug-likeness (QED) is 0.723. The molecule has 4 heteroatoms. The highest BCUT2D eigenvalue weighted by molar-refractivity contribution is 9.10. The fourth-order valence-corrected chi connectivity index (χ4v) is 2.85. The molecule has 3 rings (SSSR count). The number of halogens is 1. The van der Waals surface area contributed by atoms with Gasteiger partial charge in [-0.05, 0) is 35.9 Å². The number of hydrogen-bond donors (Lipinski definition) is 0. The van der Waals surface area contributed by atoms with Gasteiger partial charge in [0.05, 0.1) is 19.2 Å². The number of fused-ring (bicyclic) bond motifs is 1. The van der Waals surface area contributed by atoms with Gasteiger partial charge in [0.1, 0.15) is 5.75 Å². The van der Waals surface area contributed by atoms with Crippen LogP contribution >= 0.6 is 15.9 Å². The van der Waals surface area contributed by atoms with Crippen LogP contribution in [0.2, 0.25) is 0 Å². The van der Waals surface area contributed by atoms with Crippen LogP contribution in [0.15, 0.2) is 63.9 Å². The summed E-state index contributed by atoms with van der Waals surface area (Å²) < 4.78 is 7.92. The Balaban J connectivity index is 2.09. The largest absolute Gasteiger partial charge is 0.497 e. The van der Waals surface area contributed by atoms with Crippen LogP contribution in [0.25, 0.3) is 10.9 Å². The van der Waals surface area contributed by atoms with Crippen LogP contribution in [0.4, 0.5) is 0 Å². The summed E-state index contributed by atoms with van der Waals surface area (Å²) in [5.41, 5.74) is 1.98. The van der Waals surface area contributed by atoms with Gasteiger partial charge >= 0.3 is 0 Å². The van der Waals surface area contributed by atoms with E-state index in [0.717, 1.165) is 26.7 Å². The molecule has 0 amide bonds. The Morgan fingerprint density at radius 1 is 1.05 bits per heavy atom. The number of methoxy groups -OCH3 is 1. The van der Waals surface area contributed by atoms with Crippen LogP contribution in [0.3, 0.4) is 0 Å². The average Bonchev–Trinajstić information content (AvgIpc) is 2.51. The fraction of sp³-hybridized carbons (Fsp3) is 0.118. The van der Waals surface area contributed by atoms with Gasteiger partial charge in [-0.3, -0.25) is 4.79 Å². The monoisotopic (exact) mass is 343 g/mol. The van der Waals surface area contributed by atoms with Crippen molar-refractivity contribution in [2.45, 2.75) is 6.54 Å². The number of hydrogen-bond acceptors (Lipinski definition) is 2. The van der Waals surface area contributed by atoms with Crippen LogP contribution in [0.5, 0.6) is 5.75 Å². The Labute approximate surface area is 130 Å². The van der Waals surface area contributed by atoms with E-state index >= 15 is 0 Å². The Bertz CT molecular complexity index is 838. The minimum atomic E-state index is -0.00332. The molecule has 0 aliphatic rings. The van der Waals surface area contributed by atoms with Gasteiger partial charge in [0.2, 0.25) is 0 Å². The Morgan fingerprint density at radius 2 is 1.81 bits per heavy atom. The molecule has 0 aliphatic carbocycles. The van der Waals surface area contributed by atoms with Crippen molar-refractivity contribution in [1.82, 2.24) is 4.57 Å². The van der Waals surface area contributed by atoms with E-state index in [0.29, 0.717) is 6.54 Å². The van der Waals surface area contributed by atoms with Crippen molar-refractivity contribution in [2.24, 2.45) is 0 Å². The van der Waals surface area contributed by atoms with Crippen LogP contribution in [0, 0.1) is 0 Å². The highest BCUT2D eigenvalue weighted by Gasteiger charge is 2.06. The minimum Gasteiger partial charge on any atom is -0.497 e. The summed E-state index contributed by atoms with van der Waals surface area (Å²) in [6.07, 6.45) is 0. The number of nitrogens with zero attached hydrogens (tertiary/aromatic N) is 1. The first-order chi connectivity index (χ1) is 10.2. The SMILES string of the molecule is COc1ccc(Cn2c(=O)ccc3c(Br)cccc32)cc1. The highest BCUT2D eigenvalue weighted by atomic mass is 79.9. The van der Waals surface area contributed by atoms with E-state index in [1.54, 1.807) is 17.7 Å². The zero-order valence-corrected chi connectivity index (χ0v) is 13.1. The number of benzene rings is 2. The van der Waals surface area contributed by atoms with Gasteiger partial charge in [-0.15, -0.1) is 0 Å². The molecule has 106 valence electrons. The van der Waals surface area contributed by atoms with Crippen molar-refractivity contribution in [3.63, 3.8) is 0 Å². The van der Waals surface area contributed by atoms with Crippen molar-refractivity contribution < 1.29 is 4.74 Å². The average molecular weight is 344 g/mol. The summed E-state index contributed by atoms with van der Waals surface area (Å²) in [6, 6.07) is 17.1. The van der Waals surface area contributed by atoms with Gasteiger partial charge in [0.25, 0.3) is 5.56 Å². The zero-order valence-electron chi connectivity index (χ0n) is 11.5. The summed E-state index contributed by atoms with van der Waals surface area (Å²) in [5.74, 6) is 0.812.